The molecule has 0 saturated heterocycles. The van der Waals surface area contributed by atoms with Crippen molar-refractivity contribution < 1.29 is 35.7 Å². The molecule has 2 aromatic carbocycles. The van der Waals surface area contributed by atoms with Crippen LogP contribution in [0.4, 0.5) is 0 Å². The first-order valence-corrected chi connectivity index (χ1v) is 9.35. The summed E-state index contributed by atoms with van der Waals surface area (Å²) < 4.78 is 70.3. The van der Waals surface area contributed by atoms with Gasteiger partial charge >= 0.3 is 10.1 Å². The lowest BCUT2D eigenvalue weighted by Crippen LogP contribution is -2.17. The van der Waals surface area contributed by atoms with Gasteiger partial charge in [0, 0.05) is 0 Å². The number of rotatable bonds is 7. The van der Waals surface area contributed by atoms with E-state index in [2.05, 4.69) is 0 Å². The molecule has 2 aromatic rings. The van der Waals surface area contributed by atoms with E-state index in [-0.39, 0.29) is 22.6 Å². The second-order valence-corrected chi connectivity index (χ2v) is 6.78. The molecule has 0 saturated carbocycles. The smallest absolute Gasteiger partial charge is 0.313 e. The number of ether oxygens (including phenoxy) is 3. The van der Waals surface area contributed by atoms with Gasteiger partial charge in [0.15, 0.2) is 6.08 Å². The maximum Gasteiger partial charge on any atom is 0.313 e. The number of hydrogen-bond donors (Lipinski definition) is 1. The number of carbonyl (C=O) groups excluding carboxylic acids is 1. The summed E-state index contributed by atoms with van der Waals surface area (Å²) in [6.45, 7) is 0. The highest BCUT2D eigenvalue weighted by atomic mass is 32.2. The van der Waals surface area contributed by atoms with Crippen molar-refractivity contribution in [2.75, 3.05) is 14.2 Å². The van der Waals surface area contributed by atoms with Crippen LogP contribution in [0, 0.1) is 0 Å². The molecule has 0 bridgehead atoms. The minimum atomic E-state index is -5.08. The van der Waals surface area contributed by atoms with E-state index in [0.29, 0.717) is 0 Å². The summed E-state index contributed by atoms with van der Waals surface area (Å²) in [5.74, 6) is -2.96. The van der Waals surface area contributed by atoms with Gasteiger partial charge in [-0.2, -0.15) is 8.42 Å². The molecule has 0 unspecified atom stereocenters. The zero-order valence-corrected chi connectivity index (χ0v) is 15.8. The van der Waals surface area contributed by atoms with Crippen LogP contribution in [0.5, 0.6) is 11.5 Å². The van der Waals surface area contributed by atoms with E-state index >= 15 is 0 Å². The predicted octanol–water partition coefficient (Wildman–Crippen LogP) is 2.02. The molecule has 0 amide bonds. The fraction of sp³-hybridized carbons (Fsp3) is 0.211. The van der Waals surface area contributed by atoms with Crippen LogP contribution in [0.15, 0.2) is 60.2 Å². The van der Waals surface area contributed by atoms with Crippen molar-refractivity contribution in [3.63, 3.8) is 0 Å². The highest BCUT2D eigenvalue weighted by Gasteiger charge is 2.42. The Bertz CT molecular complexity index is 1130. The molecule has 0 fully saturated rings. The summed E-state index contributed by atoms with van der Waals surface area (Å²) in [4.78, 5) is 13.0. The normalized spacial score (nSPS) is 21.4. The van der Waals surface area contributed by atoms with Crippen molar-refractivity contribution in [1.82, 2.24) is 0 Å². The van der Waals surface area contributed by atoms with Crippen LogP contribution in [0.25, 0.3) is 0 Å². The second kappa shape index (κ2) is 7.81. The van der Waals surface area contributed by atoms with Gasteiger partial charge in [0.25, 0.3) is 0 Å². The maximum absolute atomic E-state index is 13.0. The predicted molar refractivity (Wildman–Crippen MR) is 99.7 cm³/mol. The van der Waals surface area contributed by atoms with E-state index in [1.807, 2.05) is 0 Å². The van der Waals surface area contributed by atoms with E-state index in [0.717, 1.165) is 0 Å². The molecule has 3 rings (SSSR count). The number of hydrogen-bond acceptors (Lipinski definition) is 8. The van der Waals surface area contributed by atoms with Crippen molar-refractivity contribution in [2.45, 2.75) is 11.8 Å². The second-order valence-electron chi connectivity index (χ2n) is 5.50. The molecule has 0 aliphatic carbocycles. The molecule has 2 N–H and O–H groups in total. The molecule has 1 aliphatic heterocycles. The summed E-state index contributed by atoms with van der Waals surface area (Å²) in [5, 5.41) is 0. The molecule has 28 heavy (non-hydrogen) atoms. The van der Waals surface area contributed by atoms with E-state index in [1.165, 1.54) is 50.6 Å². The van der Waals surface area contributed by atoms with Crippen LogP contribution in [-0.2, 0) is 29.5 Å². The molecule has 8 nitrogen and oxygen atoms in total. The molecule has 0 aromatic heterocycles. The largest absolute Gasteiger partial charge is 0.496 e. The van der Waals surface area contributed by atoms with Crippen LogP contribution in [0.3, 0.4) is 0 Å². The molecule has 1 heterocycles. The standard InChI is InChI=1S/C19H19NO7S/c1-24-13-9-6-10-14(25-2)15(13)17-16(21)18(19(20)26-17)27-28(22,23)11-12-7-4-3-5-8-12/h3-10,17H,11,20H2,1-2H3/t17-/m0/s1/i11D2,17D. The van der Waals surface area contributed by atoms with Crippen molar-refractivity contribution in [1.29, 1.82) is 0 Å². The number of benzene rings is 2. The van der Waals surface area contributed by atoms with Crippen molar-refractivity contribution in [3.05, 3.63) is 71.3 Å². The Morgan fingerprint density at radius 3 is 2.29 bits per heavy atom. The summed E-state index contributed by atoms with van der Waals surface area (Å²) in [5.41, 5.74) is 2.29. The minimum Gasteiger partial charge on any atom is -0.496 e. The van der Waals surface area contributed by atoms with E-state index in [9.17, 15) is 13.2 Å². The highest BCUT2D eigenvalue weighted by Crippen LogP contribution is 2.41. The zero-order valence-electron chi connectivity index (χ0n) is 18.0. The lowest BCUT2D eigenvalue weighted by atomic mass is 10.0. The first-order valence-electron chi connectivity index (χ1n) is 9.44. The quantitative estimate of drug-likeness (QED) is 0.692. The number of Topliss-reactive ketones (excluding diaryl/α,β-unsaturated/α-hetero) is 1. The van der Waals surface area contributed by atoms with Gasteiger partial charge in [-0.15, -0.1) is 0 Å². The van der Waals surface area contributed by atoms with Crippen LogP contribution in [0.2, 0.25) is 0 Å². The fourth-order valence-electron chi connectivity index (χ4n) is 2.52. The van der Waals surface area contributed by atoms with Crippen LogP contribution in [0.1, 0.15) is 21.3 Å². The van der Waals surface area contributed by atoms with Gasteiger partial charge in [-0.25, -0.2) is 0 Å². The topological polar surface area (TPSA) is 114 Å². The van der Waals surface area contributed by atoms with Gasteiger partial charge in [-0.1, -0.05) is 36.4 Å². The van der Waals surface area contributed by atoms with Crippen LogP contribution >= 0.6 is 0 Å². The van der Waals surface area contributed by atoms with Gasteiger partial charge in [0.2, 0.25) is 17.4 Å². The number of nitrogens with two attached hydrogens (primary N) is 1. The highest BCUT2D eigenvalue weighted by molar-refractivity contribution is 7.86. The zero-order chi connectivity index (χ0) is 23.0. The minimum absolute atomic E-state index is 0.0548. The Morgan fingerprint density at radius 1 is 1.11 bits per heavy atom. The summed E-state index contributed by atoms with van der Waals surface area (Å²) in [6.07, 6.45) is -2.58. The van der Waals surface area contributed by atoms with Gasteiger partial charge in [-0.05, 0) is 17.7 Å². The SMILES string of the molecule is [2H]C([2H])(c1ccccc1)S(=O)(=O)OC1=C(N)O[C@@]([2H])(c2c(OC)cccc2OC)C1=O. The monoisotopic (exact) mass is 408 g/mol. The van der Waals surface area contributed by atoms with Crippen LogP contribution < -0.4 is 15.2 Å². The first-order chi connectivity index (χ1) is 14.5. The Balaban J connectivity index is 2.01. The molecule has 0 radical (unpaired) electrons. The average molecular weight is 408 g/mol. The van der Waals surface area contributed by atoms with Crippen LogP contribution in [-0.4, -0.2) is 28.4 Å². The number of carbonyl (C=O) groups is 1. The lowest BCUT2D eigenvalue weighted by Gasteiger charge is -2.17. The summed E-state index contributed by atoms with van der Waals surface area (Å²) in [6, 6.07) is 11.4. The van der Waals surface area contributed by atoms with Gasteiger partial charge in [0.1, 0.15) is 17.2 Å². The molecule has 0 spiro atoms. The molecule has 9 heteroatoms. The molecular formula is C19H19NO7S. The van der Waals surface area contributed by atoms with E-state index in [4.69, 9.17) is 28.2 Å². The Labute approximate surface area is 166 Å². The van der Waals surface area contributed by atoms with Crippen molar-refractivity contribution >= 4 is 15.9 Å². The van der Waals surface area contributed by atoms with Crippen molar-refractivity contribution in [2.24, 2.45) is 5.73 Å². The van der Waals surface area contributed by atoms with Gasteiger partial charge < -0.3 is 24.1 Å². The number of ketones is 1. The third kappa shape index (κ3) is 3.89. The molecular weight excluding hydrogens is 386 g/mol. The fourth-order valence-corrected chi connectivity index (χ4v) is 3.36. The summed E-state index contributed by atoms with van der Waals surface area (Å²) in [7, 11) is -2.48. The molecule has 148 valence electrons. The van der Waals surface area contributed by atoms with E-state index in [1.54, 1.807) is 12.1 Å². The average Bonchev–Trinajstić information content (AvgIpc) is 2.96. The van der Waals surface area contributed by atoms with E-state index < -0.39 is 39.3 Å². The third-order valence-electron chi connectivity index (χ3n) is 3.71. The summed E-state index contributed by atoms with van der Waals surface area (Å²) >= 11 is 0. The Morgan fingerprint density at radius 2 is 1.71 bits per heavy atom. The van der Waals surface area contributed by atoms with Crippen molar-refractivity contribution in [3.8, 4) is 11.5 Å². The van der Waals surface area contributed by atoms with Gasteiger partial charge in [-0.3, -0.25) is 4.79 Å². The Kier molecular flexibility index (Phi) is 4.41. The third-order valence-corrected chi connectivity index (χ3v) is 4.58. The lowest BCUT2D eigenvalue weighted by molar-refractivity contribution is -0.123. The maximum atomic E-state index is 13.0. The Hall–Kier alpha value is -3.20. The molecule has 1 atom stereocenters. The molecule has 1 aliphatic rings. The number of methoxy groups -OCH3 is 2. The van der Waals surface area contributed by atoms with Gasteiger partial charge in [0.05, 0.1) is 23.9 Å². The first kappa shape index (κ1) is 15.8.